The van der Waals surface area contributed by atoms with Crippen molar-refractivity contribution in [3.05, 3.63) is 29.3 Å². The van der Waals surface area contributed by atoms with E-state index in [0.717, 1.165) is 11.3 Å². The molecule has 0 aromatic heterocycles. The minimum Gasteiger partial charge on any atom is -0.361 e. The average Bonchev–Trinajstić information content (AvgIpc) is 2.35. The van der Waals surface area contributed by atoms with Crippen LogP contribution < -0.4 is 10.2 Å². The van der Waals surface area contributed by atoms with Crippen LogP contribution in [0, 0.1) is 18.3 Å². The highest BCUT2D eigenvalue weighted by Gasteiger charge is 2.14. The first kappa shape index (κ1) is 13.0. The van der Waals surface area contributed by atoms with Gasteiger partial charge in [0.1, 0.15) is 6.07 Å². The van der Waals surface area contributed by atoms with E-state index in [1.54, 1.807) is 13.1 Å². The van der Waals surface area contributed by atoms with Crippen LogP contribution in [-0.2, 0) is 4.79 Å². The molecule has 1 aromatic rings. The van der Waals surface area contributed by atoms with Crippen molar-refractivity contribution in [3.63, 3.8) is 0 Å². The lowest BCUT2D eigenvalue weighted by Crippen LogP contribution is -2.36. The van der Waals surface area contributed by atoms with Gasteiger partial charge in [-0.15, -0.1) is 0 Å². The molecule has 0 aliphatic heterocycles. The van der Waals surface area contributed by atoms with Crippen molar-refractivity contribution in [2.24, 2.45) is 0 Å². The van der Waals surface area contributed by atoms with Gasteiger partial charge in [0.05, 0.1) is 17.8 Å². The first-order valence-corrected chi connectivity index (χ1v) is 5.59. The Morgan fingerprint density at radius 1 is 1.53 bits per heavy atom. The largest absolute Gasteiger partial charge is 0.361 e. The van der Waals surface area contributed by atoms with Crippen molar-refractivity contribution in [2.45, 2.75) is 13.8 Å². The number of amides is 1. The number of carbonyl (C=O) groups excluding carboxylic acids is 1. The maximum atomic E-state index is 11.4. The fourth-order valence-electron chi connectivity index (χ4n) is 1.77. The van der Waals surface area contributed by atoms with Gasteiger partial charge in [0.15, 0.2) is 0 Å². The van der Waals surface area contributed by atoms with Gasteiger partial charge in [0, 0.05) is 13.6 Å². The van der Waals surface area contributed by atoms with Crippen molar-refractivity contribution in [3.8, 4) is 6.07 Å². The van der Waals surface area contributed by atoms with E-state index in [1.165, 1.54) is 0 Å². The van der Waals surface area contributed by atoms with Crippen LogP contribution in [-0.4, -0.2) is 26.0 Å². The first-order chi connectivity index (χ1) is 8.13. The second-order valence-electron chi connectivity index (χ2n) is 3.77. The molecule has 0 atom stereocenters. The zero-order chi connectivity index (χ0) is 12.8. The molecule has 0 unspecified atom stereocenters. The Morgan fingerprint density at radius 3 is 2.76 bits per heavy atom. The predicted octanol–water partition coefficient (Wildman–Crippen LogP) is 1.44. The lowest BCUT2D eigenvalue weighted by Gasteiger charge is -2.25. The molecule has 1 N–H and O–H groups in total. The molecule has 1 amide bonds. The molecule has 90 valence electrons. The number of carbonyl (C=O) groups is 1. The van der Waals surface area contributed by atoms with E-state index in [9.17, 15) is 4.79 Å². The van der Waals surface area contributed by atoms with Gasteiger partial charge < -0.3 is 10.2 Å². The SMILES string of the molecule is CCN(CC(=O)NC)c1c(C)cccc1C#N. The van der Waals surface area contributed by atoms with Gasteiger partial charge in [-0.3, -0.25) is 4.79 Å². The number of para-hydroxylation sites is 1. The molecule has 0 saturated heterocycles. The van der Waals surface area contributed by atoms with Crippen molar-refractivity contribution in [2.75, 3.05) is 25.0 Å². The van der Waals surface area contributed by atoms with Gasteiger partial charge in [0.2, 0.25) is 5.91 Å². The zero-order valence-corrected chi connectivity index (χ0v) is 10.4. The molecule has 1 rings (SSSR count). The number of benzene rings is 1. The molecule has 0 saturated carbocycles. The smallest absolute Gasteiger partial charge is 0.239 e. The monoisotopic (exact) mass is 231 g/mol. The highest BCUT2D eigenvalue weighted by Crippen LogP contribution is 2.24. The number of hydrogen-bond donors (Lipinski definition) is 1. The van der Waals surface area contributed by atoms with Gasteiger partial charge in [-0.2, -0.15) is 5.26 Å². The van der Waals surface area contributed by atoms with E-state index in [2.05, 4.69) is 11.4 Å². The van der Waals surface area contributed by atoms with Crippen LogP contribution in [0.1, 0.15) is 18.1 Å². The summed E-state index contributed by atoms with van der Waals surface area (Å²) in [5.41, 5.74) is 2.46. The number of hydrogen-bond acceptors (Lipinski definition) is 3. The van der Waals surface area contributed by atoms with Gasteiger partial charge >= 0.3 is 0 Å². The van der Waals surface area contributed by atoms with Gasteiger partial charge in [-0.25, -0.2) is 0 Å². The molecule has 4 heteroatoms. The van der Waals surface area contributed by atoms with Crippen molar-refractivity contribution in [1.82, 2.24) is 5.32 Å². The van der Waals surface area contributed by atoms with E-state index in [4.69, 9.17) is 5.26 Å². The predicted molar refractivity (Wildman–Crippen MR) is 67.8 cm³/mol. The maximum Gasteiger partial charge on any atom is 0.239 e. The molecule has 0 aliphatic carbocycles. The fourth-order valence-corrected chi connectivity index (χ4v) is 1.77. The molecule has 0 aliphatic rings. The first-order valence-electron chi connectivity index (χ1n) is 5.59. The van der Waals surface area contributed by atoms with E-state index in [0.29, 0.717) is 12.1 Å². The summed E-state index contributed by atoms with van der Waals surface area (Å²) in [5.74, 6) is -0.0565. The average molecular weight is 231 g/mol. The number of likely N-dealkylation sites (N-methyl/N-ethyl adjacent to an activating group) is 2. The van der Waals surface area contributed by atoms with Gasteiger partial charge in [-0.05, 0) is 25.5 Å². The van der Waals surface area contributed by atoms with E-state index in [-0.39, 0.29) is 12.5 Å². The maximum absolute atomic E-state index is 11.4. The summed E-state index contributed by atoms with van der Waals surface area (Å²) in [6.45, 7) is 4.87. The zero-order valence-electron chi connectivity index (χ0n) is 10.4. The Morgan fingerprint density at radius 2 is 2.24 bits per heavy atom. The van der Waals surface area contributed by atoms with Crippen molar-refractivity contribution in [1.29, 1.82) is 5.26 Å². The Labute approximate surface area is 102 Å². The molecule has 0 radical (unpaired) electrons. The van der Waals surface area contributed by atoms with E-state index >= 15 is 0 Å². The molecule has 4 nitrogen and oxygen atoms in total. The molecular weight excluding hydrogens is 214 g/mol. The quantitative estimate of drug-likeness (QED) is 0.853. The normalized spacial score (nSPS) is 9.53. The summed E-state index contributed by atoms with van der Waals surface area (Å²) in [5, 5.41) is 11.7. The van der Waals surface area contributed by atoms with Gasteiger partial charge in [0.25, 0.3) is 0 Å². The van der Waals surface area contributed by atoms with Crippen LogP contribution >= 0.6 is 0 Å². The third kappa shape index (κ3) is 2.97. The highest BCUT2D eigenvalue weighted by molar-refractivity contribution is 5.82. The summed E-state index contributed by atoms with van der Waals surface area (Å²) < 4.78 is 0. The third-order valence-corrected chi connectivity index (χ3v) is 2.67. The van der Waals surface area contributed by atoms with Crippen LogP contribution in [0.5, 0.6) is 0 Å². The lowest BCUT2D eigenvalue weighted by atomic mass is 10.1. The van der Waals surface area contributed by atoms with Crippen molar-refractivity contribution < 1.29 is 4.79 Å². The summed E-state index contributed by atoms with van der Waals surface area (Å²) >= 11 is 0. The van der Waals surface area contributed by atoms with Crippen LogP contribution in [0.3, 0.4) is 0 Å². The number of nitrogens with zero attached hydrogens (tertiary/aromatic N) is 2. The van der Waals surface area contributed by atoms with Crippen molar-refractivity contribution >= 4 is 11.6 Å². The van der Waals surface area contributed by atoms with Crippen LogP contribution in [0.15, 0.2) is 18.2 Å². The standard InChI is InChI=1S/C13H17N3O/c1-4-16(9-12(17)15-3)13-10(2)6-5-7-11(13)8-14/h5-7H,4,9H2,1-3H3,(H,15,17). The van der Waals surface area contributed by atoms with E-state index in [1.807, 2.05) is 30.9 Å². The second-order valence-corrected chi connectivity index (χ2v) is 3.77. The minimum atomic E-state index is -0.0565. The van der Waals surface area contributed by atoms with E-state index < -0.39 is 0 Å². The number of nitriles is 1. The summed E-state index contributed by atoms with van der Waals surface area (Å²) in [6.07, 6.45) is 0. The lowest BCUT2D eigenvalue weighted by molar-refractivity contribution is -0.119. The molecular formula is C13H17N3O. The number of nitrogens with one attached hydrogen (secondary N) is 1. The topological polar surface area (TPSA) is 56.1 Å². The van der Waals surface area contributed by atoms with Gasteiger partial charge in [-0.1, -0.05) is 12.1 Å². The Balaban J connectivity index is 3.11. The number of rotatable bonds is 4. The highest BCUT2D eigenvalue weighted by atomic mass is 16.1. The van der Waals surface area contributed by atoms with Crippen LogP contribution in [0.25, 0.3) is 0 Å². The Kier molecular flexibility index (Phi) is 4.53. The Bertz CT molecular complexity index is 448. The van der Waals surface area contributed by atoms with Crippen LogP contribution in [0.4, 0.5) is 5.69 Å². The molecule has 0 bridgehead atoms. The third-order valence-electron chi connectivity index (χ3n) is 2.67. The minimum absolute atomic E-state index is 0.0565. The molecule has 17 heavy (non-hydrogen) atoms. The molecule has 1 aromatic carbocycles. The summed E-state index contributed by atoms with van der Waals surface area (Å²) in [7, 11) is 1.61. The number of aryl methyl sites for hydroxylation is 1. The molecule has 0 spiro atoms. The molecule has 0 fully saturated rings. The summed E-state index contributed by atoms with van der Waals surface area (Å²) in [4.78, 5) is 13.3. The molecule has 0 heterocycles. The second kappa shape index (κ2) is 5.90. The Hall–Kier alpha value is -2.02. The fraction of sp³-hybridized carbons (Fsp3) is 0.385. The van der Waals surface area contributed by atoms with Crippen LogP contribution in [0.2, 0.25) is 0 Å². The summed E-state index contributed by atoms with van der Waals surface area (Å²) in [6, 6.07) is 7.74. The number of anilines is 1.